The summed E-state index contributed by atoms with van der Waals surface area (Å²) < 4.78 is 2.06. The molecular formula is C14H18N2O. The molecule has 0 unspecified atom stereocenters. The Hall–Kier alpha value is -1.69. The standard InChI is InChI=1S/C14H18N2O/c1-4-14(2,3)15-13(17)12-9-6-10-16(12)11-7-5-8-11/h1,6,9-11H,5,7-8H2,2-3H3,(H,15,17). The fraction of sp³-hybridized carbons (Fsp3) is 0.500. The summed E-state index contributed by atoms with van der Waals surface area (Å²) in [7, 11) is 0. The van der Waals surface area contributed by atoms with E-state index in [9.17, 15) is 4.79 Å². The summed E-state index contributed by atoms with van der Waals surface area (Å²) in [6.07, 6.45) is 10.9. The van der Waals surface area contributed by atoms with Gasteiger partial charge in [0.1, 0.15) is 5.69 Å². The highest BCUT2D eigenvalue weighted by molar-refractivity contribution is 5.93. The molecule has 1 amide bonds. The first-order chi connectivity index (χ1) is 8.03. The molecule has 1 aromatic rings. The van der Waals surface area contributed by atoms with Crippen molar-refractivity contribution in [3.8, 4) is 12.3 Å². The van der Waals surface area contributed by atoms with E-state index in [1.165, 1.54) is 6.42 Å². The molecule has 90 valence electrons. The largest absolute Gasteiger partial charge is 0.340 e. The van der Waals surface area contributed by atoms with E-state index in [0.717, 1.165) is 12.8 Å². The zero-order chi connectivity index (χ0) is 12.5. The molecule has 1 fully saturated rings. The van der Waals surface area contributed by atoms with Gasteiger partial charge in [0.2, 0.25) is 0 Å². The van der Waals surface area contributed by atoms with Crippen LogP contribution < -0.4 is 5.32 Å². The third-order valence-electron chi connectivity index (χ3n) is 3.27. The molecule has 2 rings (SSSR count). The van der Waals surface area contributed by atoms with Crippen molar-refractivity contribution in [3.05, 3.63) is 24.0 Å². The summed E-state index contributed by atoms with van der Waals surface area (Å²) in [5, 5.41) is 2.86. The van der Waals surface area contributed by atoms with E-state index in [0.29, 0.717) is 11.7 Å². The van der Waals surface area contributed by atoms with Crippen molar-refractivity contribution < 1.29 is 4.79 Å². The van der Waals surface area contributed by atoms with E-state index in [-0.39, 0.29) is 5.91 Å². The van der Waals surface area contributed by atoms with Gasteiger partial charge in [-0.3, -0.25) is 4.79 Å². The fourth-order valence-corrected chi connectivity index (χ4v) is 1.95. The first-order valence-corrected chi connectivity index (χ1v) is 6.00. The van der Waals surface area contributed by atoms with Crippen molar-refractivity contribution in [2.75, 3.05) is 0 Å². The molecule has 0 bridgehead atoms. The summed E-state index contributed by atoms with van der Waals surface area (Å²) in [4.78, 5) is 12.1. The molecule has 0 radical (unpaired) electrons. The fourth-order valence-electron chi connectivity index (χ4n) is 1.95. The molecule has 17 heavy (non-hydrogen) atoms. The van der Waals surface area contributed by atoms with E-state index in [2.05, 4.69) is 15.8 Å². The molecule has 3 heteroatoms. The summed E-state index contributed by atoms with van der Waals surface area (Å²) in [5.41, 5.74) is 0.101. The Balaban J connectivity index is 2.15. The molecule has 1 aliphatic rings. The number of carbonyl (C=O) groups excluding carboxylic acids is 1. The van der Waals surface area contributed by atoms with Crippen molar-refractivity contribution in [2.24, 2.45) is 0 Å². The quantitative estimate of drug-likeness (QED) is 0.795. The molecule has 1 saturated carbocycles. The maximum atomic E-state index is 12.1. The van der Waals surface area contributed by atoms with Crippen LogP contribution in [0.2, 0.25) is 0 Å². The summed E-state index contributed by atoms with van der Waals surface area (Å²) in [6, 6.07) is 4.25. The van der Waals surface area contributed by atoms with E-state index >= 15 is 0 Å². The molecule has 0 aromatic carbocycles. The summed E-state index contributed by atoms with van der Waals surface area (Å²) in [5.74, 6) is 2.48. The minimum absolute atomic E-state index is 0.0927. The number of nitrogens with one attached hydrogen (secondary N) is 1. The number of aromatic nitrogens is 1. The van der Waals surface area contributed by atoms with E-state index < -0.39 is 5.54 Å². The number of terminal acetylenes is 1. The van der Waals surface area contributed by atoms with Crippen molar-refractivity contribution in [1.29, 1.82) is 0 Å². The van der Waals surface area contributed by atoms with Crippen molar-refractivity contribution in [1.82, 2.24) is 9.88 Å². The molecule has 0 aliphatic heterocycles. The predicted molar refractivity (Wildman–Crippen MR) is 67.7 cm³/mol. The van der Waals surface area contributed by atoms with Crippen LogP contribution in [-0.4, -0.2) is 16.0 Å². The molecule has 1 aliphatic carbocycles. The maximum absolute atomic E-state index is 12.1. The highest BCUT2D eigenvalue weighted by Gasteiger charge is 2.25. The average molecular weight is 230 g/mol. The Morgan fingerprint density at radius 1 is 1.59 bits per heavy atom. The first kappa shape index (κ1) is 11.8. The predicted octanol–water partition coefficient (Wildman–Crippen LogP) is 2.35. The van der Waals surface area contributed by atoms with Crippen LogP contribution in [0, 0.1) is 12.3 Å². The van der Waals surface area contributed by atoms with Gasteiger partial charge in [0, 0.05) is 12.2 Å². The summed E-state index contributed by atoms with van der Waals surface area (Å²) in [6.45, 7) is 3.64. The Morgan fingerprint density at radius 3 is 2.82 bits per heavy atom. The SMILES string of the molecule is C#CC(C)(C)NC(=O)c1cccn1C1CCC1. The van der Waals surface area contributed by atoms with Gasteiger partial charge in [0.25, 0.3) is 5.91 Å². The van der Waals surface area contributed by atoms with Gasteiger partial charge in [-0.25, -0.2) is 0 Å². The third kappa shape index (κ3) is 2.36. The second-order valence-electron chi connectivity index (χ2n) is 5.11. The Labute approximate surface area is 102 Å². The smallest absolute Gasteiger partial charge is 0.269 e. The van der Waals surface area contributed by atoms with Gasteiger partial charge in [-0.15, -0.1) is 6.42 Å². The molecular weight excluding hydrogens is 212 g/mol. The highest BCUT2D eigenvalue weighted by Crippen LogP contribution is 2.32. The average Bonchev–Trinajstić information content (AvgIpc) is 2.63. The van der Waals surface area contributed by atoms with Gasteiger partial charge >= 0.3 is 0 Å². The topological polar surface area (TPSA) is 34.0 Å². The third-order valence-corrected chi connectivity index (χ3v) is 3.27. The monoisotopic (exact) mass is 230 g/mol. The normalized spacial score (nSPS) is 16.1. The van der Waals surface area contributed by atoms with Crippen LogP contribution in [0.15, 0.2) is 18.3 Å². The lowest BCUT2D eigenvalue weighted by Gasteiger charge is -2.29. The lowest BCUT2D eigenvalue weighted by atomic mass is 9.93. The maximum Gasteiger partial charge on any atom is 0.269 e. The van der Waals surface area contributed by atoms with Gasteiger partial charge in [-0.2, -0.15) is 0 Å². The minimum atomic E-state index is -0.605. The lowest BCUT2D eigenvalue weighted by molar-refractivity contribution is 0.0914. The van der Waals surface area contributed by atoms with Gasteiger partial charge in [0.05, 0.1) is 5.54 Å². The molecule has 0 saturated heterocycles. The van der Waals surface area contributed by atoms with Crippen LogP contribution in [0.25, 0.3) is 0 Å². The van der Waals surface area contributed by atoms with Crippen molar-refractivity contribution in [2.45, 2.75) is 44.7 Å². The van der Waals surface area contributed by atoms with Crippen molar-refractivity contribution >= 4 is 5.91 Å². The van der Waals surface area contributed by atoms with Crippen molar-refractivity contribution in [3.63, 3.8) is 0 Å². The first-order valence-electron chi connectivity index (χ1n) is 6.00. The van der Waals surface area contributed by atoms with E-state index in [1.54, 1.807) is 0 Å². The van der Waals surface area contributed by atoms with Crippen LogP contribution >= 0.6 is 0 Å². The molecule has 0 spiro atoms. The van der Waals surface area contributed by atoms with Crippen LogP contribution in [0.4, 0.5) is 0 Å². The zero-order valence-electron chi connectivity index (χ0n) is 10.4. The van der Waals surface area contributed by atoms with Crippen LogP contribution in [0.5, 0.6) is 0 Å². The van der Waals surface area contributed by atoms with Crippen LogP contribution in [-0.2, 0) is 0 Å². The second kappa shape index (κ2) is 4.29. The molecule has 1 heterocycles. The second-order valence-corrected chi connectivity index (χ2v) is 5.11. The minimum Gasteiger partial charge on any atom is -0.340 e. The summed E-state index contributed by atoms with van der Waals surface area (Å²) >= 11 is 0. The Bertz CT molecular complexity index is 461. The lowest BCUT2D eigenvalue weighted by Crippen LogP contribution is -2.43. The number of nitrogens with zero attached hydrogens (tertiary/aromatic N) is 1. The number of hydrogen-bond donors (Lipinski definition) is 1. The van der Waals surface area contributed by atoms with E-state index in [1.807, 2.05) is 32.2 Å². The van der Waals surface area contributed by atoms with E-state index in [4.69, 9.17) is 6.42 Å². The van der Waals surface area contributed by atoms with Crippen LogP contribution in [0.1, 0.15) is 49.6 Å². The number of carbonyl (C=O) groups is 1. The van der Waals surface area contributed by atoms with Crippen LogP contribution in [0.3, 0.4) is 0 Å². The molecule has 1 aromatic heterocycles. The number of hydrogen-bond acceptors (Lipinski definition) is 1. The zero-order valence-corrected chi connectivity index (χ0v) is 10.4. The van der Waals surface area contributed by atoms with Gasteiger partial charge in [-0.05, 0) is 45.2 Å². The molecule has 3 nitrogen and oxygen atoms in total. The Morgan fingerprint density at radius 2 is 2.29 bits per heavy atom. The van der Waals surface area contributed by atoms with Gasteiger partial charge in [0.15, 0.2) is 0 Å². The number of rotatable bonds is 3. The Kier molecular flexibility index (Phi) is 2.97. The molecule has 0 atom stereocenters. The number of amides is 1. The molecule has 1 N–H and O–H groups in total. The van der Waals surface area contributed by atoms with Gasteiger partial charge < -0.3 is 9.88 Å². The highest BCUT2D eigenvalue weighted by atomic mass is 16.2. The van der Waals surface area contributed by atoms with Gasteiger partial charge in [-0.1, -0.05) is 5.92 Å².